The van der Waals surface area contributed by atoms with Gasteiger partial charge in [0.25, 0.3) is 0 Å². The average Bonchev–Trinajstić information content (AvgIpc) is 3.41. The van der Waals surface area contributed by atoms with Crippen molar-refractivity contribution in [1.29, 1.82) is 0 Å². The summed E-state index contributed by atoms with van der Waals surface area (Å²) in [5.74, 6) is 1.26. The molecule has 1 aromatic heterocycles. The number of hydrogen-bond acceptors (Lipinski definition) is 5. The molecule has 4 rings (SSSR count). The lowest BCUT2D eigenvalue weighted by Crippen LogP contribution is -2.13. The van der Waals surface area contributed by atoms with Gasteiger partial charge in [-0.1, -0.05) is 11.2 Å². The number of rotatable bonds is 8. The predicted octanol–water partition coefficient (Wildman–Crippen LogP) is 5.16. The standard InChI is InChI=1S/C23H24FN3O3/c24-17-13-11-16(12-14-17)23-26-22(30-27-23)10-4-9-21(28)25-18-5-3-8-20(15-18)29-19-6-1-2-7-19/h3,5,8,11-15,19H,1-2,4,6-7,9-10H2,(H,25,28). The lowest BCUT2D eigenvalue weighted by atomic mass is 10.2. The first kappa shape index (κ1) is 20.1. The van der Waals surface area contributed by atoms with Crippen LogP contribution in [0.1, 0.15) is 44.4 Å². The Morgan fingerprint density at radius 3 is 2.77 bits per heavy atom. The van der Waals surface area contributed by atoms with E-state index in [9.17, 15) is 9.18 Å². The summed E-state index contributed by atoms with van der Waals surface area (Å²) < 4.78 is 24.2. The summed E-state index contributed by atoms with van der Waals surface area (Å²) in [7, 11) is 0. The van der Waals surface area contributed by atoms with Crippen molar-refractivity contribution in [2.75, 3.05) is 5.32 Å². The van der Waals surface area contributed by atoms with Gasteiger partial charge < -0.3 is 14.6 Å². The second kappa shape index (κ2) is 9.52. The molecule has 0 unspecified atom stereocenters. The number of hydrogen-bond donors (Lipinski definition) is 1. The van der Waals surface area contributed by atoms with Gasteiger partial charge in [-0.05, 0) is 68.5 Å². The Labute approximate surface area is 174 Å². The number of halogens is 1. The van der Waals surface area contributed by atoms with Gasteiger partial charge in [0.1, 0.15) is 11.6 Å². The maximum atomic E-state index is 13.0. The number of nitrogens with zero attached hydrogens (tertiary/aromatic N) is 2. The van der Waals surface area contributed by atoms with Gasteiger partial charge >= 0.3 is 0 Å². The fourth-order valence-corrected chi connectivity index (χ4v) is 3.54. The van der Waals surface area contributed by atoms with Crippen LogP contribution in [0.25, 0.3) is 11.4 Å². The zero-order valence-corrected chi connectivity index (χ0v) is 16.6. The number of amides is 1. The topological polar surface area (TPSA) is 77.2 Å². The number of anilines is 1. The van der Waals surface area contributed by atoms with Crippen molar-refractivity contribution in [3.8, 4) is 17.1 Å². The largest absolute Gasteiger partial charge is 0.490 e. The lowest BCUT2D eigenvalue weighted by molar-refractivity contribution is -0.116. The second-order valence-corrected chi connectivity index (χ2v) is 7.47. The fraction of sp³-hybridized carbons (Fsp3) is 0.348. The molecule has 1 heterocycles. The van der Waals surface area contributed by atoms with E-state index in [4.69, 9.17) is 9.26 Å². The molecule has 1 amide bonds. The quantitative estimate of drug-likeness (QED) is 0.556. The van der Waals surface area contributed by atoms with Crippen LogP contribution in [0.4, 0.5) is 10.1 Å². The summed E-state index contributed by atoms with van der Waals surface area (Å²) in [4.78, 5) is 16.6. The predicted molar refractivity (Wildman–Crippen MR) is 111 cm³/mol. The number of aryl methyl sites for hydroxylation is 1. The zero-order valence-electron chi connectivity index (χ0n) is 16.6. The van der Waals surface area contributed by atoms with Crippen LogP contribution in [0.3, 0.4) is 0 Å². The molecule has 0 spiro atoms. The molecular weight excluding hydrogens is 385 g/mol. The van der Waals surface area contributed by atoms with Crippen LogP contribution in [0.15, 0.2) is 53.1 Å². The third kappa shape index (κ3) is 5.43. The van der Waals surface area contributed by atoms with Crippen LogP contribution in [-0.4, -0.2) is 22.2 Å². The Morgan fingerprint density at radius 1 is 1.17 bits per heavy atom. The number of aromatic nitrogens is 2. The third-order valence-electron chi connectivity index (χ3n) is 5.09. The normalized spacial score (nSPS) is 14.0. The molecule has 0 saturated heterocycles. The second-order valence-electron chi connectivity index (χ2n) is 7.47. The van der Waals surface area contributed by atoms with Crippen LogP contribution in [0.2, 0.25) is 0 Å². The first-order valence-corrected chi connectivity index (χ1v) is 10.3. The van der Waals surface area contributed by atoms with Gasteiger partial charge in [0, 0.05) is 30.2 Å². The van der Waals surface area contributed by atoms with Crippen molar-refractivity contribution < 1.29 is 18.4 Å². The zero-order chi connectivity index (χ0) is 20.8. The Hall–Kier alpha value is -3.22. The SMILES string of the molecule is O=C(CCCc1nc(-c2ccc(F)cc2)no1)Nc1cccc(OC2CCCC2)c1. The Morgan fingerprint density at radius 2 is 1.97 bits per heavy atom. The summed E-state index contributed by atoms with van der Waals surface area (Å²) in [6.45, 7) is 0. The monoisotopic (exact) mass is 409 g/mol. The van der Waals surface area contributed by atoms with Crippen LogP contribution in [-0.2, 0) is 11.2 Å². The lowest BCUT2D eigenvalue weighted by Gasteiger charge is -2.14. The first-order chi connectivity index (χ1) is 14.7. The van der Waals surface area contributed by atoms with Gasteiger partial charge in [-0.15, -0.1) is 0 Å². The number of nitrogens with one attached hydrogen (secondary N) is 1. The maximum absolute atomic E-state index is 13.0. The third-order valence-corrected chi connectivity index (χ3v) is 5.09. The fourth-order valence-electron chi connectivity index (χ4n) is 3.54. The van der Waals surface area contributed by atoms with Crippen LogP contribution >= 0.6 is 0 Å². The average molecular weight is 409 g/mol. The van der Waals surface area contributed by atoms with E-state index in [2.05, 4.69) is 15.5 Å². The van der Waals surface area contributed by atoms with E-state index >= 15 is 0 Å². The number of benzene rings is 2. The molecule has 1 N–H and O–H groups in total. The van der Waals surface area contributed by atoms with Crippen LogP contribution in [0.5, 0.6) is 5.75 Å². The first-order valence-electron chi connectivity index (χ1n) is 10.3. The van der Waals surface area contributed by atoms with Crippen molar-refractivity contribution in [2.24, 2.45) is 0 Å². The minimum absolute atomic E-state index is 0.0775. The Balaban J connectivity index is 1.24. The maximum Gasteiger partial charge on any atom is 0.226 e. The molecule has 0 atom stereocenters. The van der Waals surface area contributed by atoms with E-state index in [0.29, 0.717) is 36.5 Å². The summed E-state index contributed by atoms with van der Waals surface area (Å²) in [5.41, 5.74) is 1.41. The van der Waals surface area contributed by atoms with E-state index in [1.807, 2.05) is 24.3 Å². The smallest absolute Gasteiger partial charge is 0.226 e. The molecule has 30 heavy (non-hydrogen) atoms. The van der Waals surface area contributed by atoms with Gasteiger partial charge in [-0.2, -0.15) is 4.98 Å². The van der Waals surface area contributed by atoms with E-state index in [-0.39, 0.29) is 17.8 Å². The molecule has 7 heteroatoms. The van der Waals surface area contributed by atoms with Gasteiger partial charge in [0.05, 0.1) is 6.10 Å². The molecule has 1 saturated carbocycles. The Kier molecular flexibility index (Phi) is 6.37. The summed E-state index contributed by atoms with van der Waals surface area (Å²) in [5, 5.41) is 6.82. The van der Waals surface area contributed by atoms with Crippen molar-refractivity contribution in [2.45, 2.75) is 51.0 Å². The Bertz CT molecular complexity index is 981. The molecule has 6 nitrogen and oxygen atoms in total. The minimum Gasteiger partial charge on any atom is -0.490 e. The van der Waals surface area contributed by atoms with Crippen molar-refractivity contribution >= 4 is 11.6 Å². The van der Waals surface area contributed by atoms with E-state index < -0.39 is 0 Å². The van der Waals surface area contributed by atoms with Gasteiger partial charge in [-0.3, -0.25) is 4.79 Å². The number of ether oxygens (including phenoxy) is 1. The molecule has 2 aromatic carbocycles. The molecular formula is C23H24FN3O3. The molecule has 1 aliphatic rings. The molecule has 0 bridgehead atoms. The molecule has 1 aliphatic carbocycles. The molecule has 3 aromatic rings. The van der Waals surface area contributed by atoms with Crippen LogP contribution < -0.4 is 10.1 Å². The summed E-state index contributed by atoms with van der Waals surface area (Å²) in [6, 6.07) is 13.4. The van der Waals surface area contributed by atoms with Crippen molar-refractivity contribution in [3.63, 3.8) is 0 Å². The highest BCUT2D eigenvalue weighted by atomic mass is 19.1. The van der Waals surface area contributed by atoms with Crippen molar-refractivity contribution in [3.05, 3.63) is 60.2 Å². The highest BCUT2D eigenvalue weighted by Gasteiger charge is 2.16. The molecule has 0 radical (unpaired) electrons. The van der Waals surface area contributed by atoms with E-state index in [1.54, 1.807) is 12.1 Å². The van der Waals surface area contributed by atoms with Gasteiger partial charge in [0.2, 0.25) is 17.6 Å². The van der Waals surface area contributed by atoms with Gasteiger partial charge in [-0.25, -0.2) is 4.39 Å². The minimum atomic E-state index is -0.316. The van der Waals surface area contributed by atoms with Gasteiger partial charge in [0.15, 0.2) is 0 Å². The van der Waals surface area contributed by atoms with E-state index in [0.717, 1.165) is 24.3 Å². The number of carbonyl (C=O) groups is 1. The van der Waals surface area contributed by atoms with E-state index in [1.165, 1.54) is 25.0 Å². The van der Waals surface area contributed by atoms with Crippen LogP contribution in [0, 0.1) is 5.82 Å². The molecule has 0 aliphatic heterocycles. The summed E-state index contributed by atoms with van der Waals surface area (Å²) in [6.07, 6.45) is 6.30. The summed E-state index contributed by atoms with van der Waals surface area (Å²) >= 11 is 0. The molecule has 156 valence electrons. The van der Waals surface area contributed by atoms with Crippen molar-refractivity contribution in [1.82, 2.24) is 10.1 Å². The highest BCUT2D eigenvalue weighted by molar-refractivity contribution is 5.90. The number of carbonyl (C=O) groups excluding carboxylic acids is 1. The highest BCUT2D eigenvalue weighted by Crippen LogP contribution is 2.26. The molecule has 1 fully saturated rings.